The molecular formula is C32H34N2O4. The number of hydrogen-bond acceptors (Lipinski definition) is 5. The number of aromatic nitrogens is 1. The molecule has 5 rings (SSSR count). The number of aliphatic carboxylic acids is 1. The Morgan fingerprint density at radius 2 is 1.66 bits per heavy atom. The number of hydrogen-bond donors (Lipinski definition) is 1. The summed E-state index contributed by atoms with van der Waals surface area (Å²) >= 11 is 0. The van der Waals surface area contributed by atoms with E-state index in [1.165, 1.54) is 11.1 Å². The molecule has 0 spiro atoms. The lowest BCUT2D eigenvalue weighted by atomic mass is 9.90. The van der Waals surface area contributed by atoms with Gasteiger partial charge in [-0.1, -0.05) is 60.7 Å². The predicted molar refractivity (Wildman–Crippen MR) is 147 cm³/mol. The van der Waals surface area contributed by atoms with E-state index < -0.39 is 5.97 Å². The number of carboxylic acid groups (broad SMARTS) is 1. The first-order valence-electron chi connectivity index (χ1n) is 13.3. The van der Waals surface area contributed by atoms with Crippen molar-refractivity contribution in [2.45, 2.75) is 32.7 Å². The van der Waals surface area contributed by atoms with Crippen LogP contribution in [0.4, 0.5) is 0 Å². The molecule has 2 heterocycles. The highest BCUT2D eigenvalue weighted by atomic mass is 16.5. The molecule has 6 nitrogen and oxygen atoms in total. The van der Waals surface area contributed by atoms with Gasteiger partial charge < -0.3 is 14.3 Å². The maximum Gasteiger partial charge on any atom is 0.308 e. The van der Waals surface area contributed by atoms with Crippen molar-refractivity contribution in [2.75, 3.05) is 19.7 Å². The van der Waals surface area contributed by atoms with Gasteiger partial charge in [0.1, 0.15) is 11.5 Å². The first-order valence-corrected chi connectivity index (χ1v) is 13.3. The van der Waals surface area contributed by atoms with Gasteiger partial charge in [-0.05, 0) is 61.1 Å². The summed E-state index contributed by atoms with van der Waals surface area (Å²) in [7, 11) is 0. The molecule has 6 heteroatoms. The van der Waals surface area contributed by atoms with E-state index in [2.05, 4.69) is 34.1 Å². The van der Waals surface area contributed by atoms with E-state index in [1.807, 2.05) is 67.6 Å². The molecule has 1 saturated heterocycles. The van der Waals surface area contributed by atoms with Gasteiger partial charge in [-0.2, -0.15) is 0 Å². The van der Waals surface area contributed by atoms with Crippen LogP contribution in [-0.4, -0.2) is 40.7 Å². The molecule has 2 atom stereocenters. The third-order valence-electron chi connectivity index (χ3n) is 7.33. The Hall–Kier alpha value is -3.90. The van der Waals surface area contributed by atoms with Crippen LogP contribution in [0.2, 0.25) is 0 Å². The third-order valence-corrected chi connectivity index (χ3v) is 7.33. The molecule has 38 heavy (non-hydrogen) atoms. The van der Waals surface area contributed by atoms with Gasteiger partial charge in [0.15, 0.2) is 0 Å². The first-order chi connectivity index (χ1) is 18.5. The highest BCUT2D eigenvalue weighted by Gasteiger charge is 2.37. The Morgan fingerprint density at radius 3 is 2.37 bits per heavy atom. The van der Waals surface area contributed by atoms with Gasteiger partial charge in [-0.3, -0.25) is 9.69 Å². The lowest BCUT2D eigenvalue weighted by molar-refractivity contribution is -0.142. The summed E-state index contributed by atoms with van der Waals surface area (Å²) in [5.41, 5.74) is 4.30. The lowest BCUT2D eigenvalue weighted by Crippen LogP contribution is -2.23. The fourth-order valence-corrected chi connectivity index (χ4v) is 5.24. The van der Waals surface area contributed by atoms with E-state index in [1.54, 1.807) is 0 Å². The van der Waals surface area contributed by atoms with Crippen molar-refractivity contribution in [3.63, 3.8) is 0 Å². The molecule has 0 unspecified atom stereocenters. The Balaban J connectivity index is 1.10. The third kappa shape index (κ3) is 6.50. The summed E-state index contributed by atoms with van der Waals surface area (Å²) in [5.74, 6) is 1.42. The quantitative estimate of drug-likeness (QED) is 0.265. The maximum absolute atomic E-state index is 11.9. The second kappa shape index (κ2) is 12.1. The van der Waals surface area contributed by atoms with Crippen LogP contribution in [0.25, 0.3) is 11.5 Å². The van der Waals surface area contributed by atoms with Crippen LogP contribution in [-0.2, 0) is 24.2 Å². The number of ether oxygens (including phenoxy) is 1. The number of oxazole rings is 1. The zero-order chi connectivity index (χ0) is 26.3. The molecule has 196 valence electrons. The molecule has 1 aromatic heterocycles. The summed E-state index contributed by atoms with van der Waals surface area (Å²) in [6, 6.07) is 28.3. The number of aryl methyl sites for hydroxylation is 2. The van der Waals surface area contributed by atoms with Gasteiger partial charge in [0.25, 0.3) is 0 Å². The highest BCUT2D eigenvalue weighted by Crippen LogP contribution is 2.29. The summed E-state index contributed by atoms with van der Waals surface area (Å²) in [6.07, 6.45) is 2.38. The van der Waals surface area contributed by atoms with Crippen molar-refractivity contribution in [1.82, 2.24) is 9.88 Å². The summed E-state index contributed by atoms with van der Waals surface area (Å²) < 4.78 is 11.8. The van der Waals surface area contributed by atoms with Crippen LogP contribution >= 0.6 is 0 Å². The van der Waals surface area contributed by atoms with Gasteiger partial charge in [0.2, 0.25) is 5.89 Å². The smallest absolute Gasteiger partial charge is 0.308 e. The fraction of sp³-hybridized carbons (Fsp3) is 0.312. The maximum atomic E-state index is 11.9. The van der Waals surface area contributed by atoms with E-state index in [9.17, 15) is 9.90 Å². The van der Waals surface area contributed by atoms with Gasteiger partial charge in [-0.15, -0.1) is 0 Å². The molecule has 1 aliphatic rings. The minimum atomic E-state index is -0.687. The highest BCUT2D eigenvalue weighted by molar-refractivity contribution is 5.71. The fourth-order valence-electron chi connectivity index (χ4n) is 5.24. The van der Waals surface area contributed by atoms with Crippen molar-refractivity contribution in [1.29, 1.82) is 0 Å². The zero-order valence-electron chi connectivity index (χ0n) is 21.8. The van der Waals surface area contributed by atoms with Gasteiger partial charge in [0.05, 0.1) is 18.2 Å². The van der Waals surface area contributed by atoms with E-state index in [0.29, 0.717) is 25.5 Å². The number of nitrogens with zero attached hydrogens (tertiary/aromatic N) is 2. The van der Waals surface area contributed by atoms with Gasteiger partial charge in [0, 0.05) is 31.6 Å². The topological polar surface area (TPSA) is 75.8 Å². The van der Waals surface area contributed by atoms with Crippen molar-refractivity contribution >= 4 is 5.97 Å². The number of carbonyl (C=O) groups is 1. The van der Waals surface area contributed by atoms with E-state index in [0.717, 1.165) is 48.7 Å². The zero-order valence-corrected chi connectivity index (χ0v) is 21.8. The van der Waals surface area contributed by atoms with Crippen LogP contribution in [0, 0.1) is 18.8 Å². The number of benzene rings is 3. The summed E-state index contributed by atoms with van der Waals surface area (Å²) in [6.45, 7) is 4.68. The average Bonchev–Trinajstić information content (AvgIpc) is 3.52. The summed E-state index contributed by atoms with van der Waals surface area (Å²) in [4.78, 5) is 18.8. The second-order valence-corrected chi connectivity index (χ2v) is 10.1. The van der Waals surface area contributed by atoms with E-state index in [-0.39, 0.29) is 11.8 Å². The molecule has 4 aromatic rings. The Bertz CT molecular complexity index is 1320. The van der Waals surface area contributed by atoms with Crippen molar-refractivity contribution in [3.8, 4) is 17.2 Å². The molecule has 0 saturated carbocycles. The number of likely N-dealkylation sites (tertiary alicyclic amines) is 1. The predicted octanol–water partition coefficient (Wildman–Crippen LogP) is 6.04. The molecule has 0 bridgehead atoms. The molecule has 0 aliphatic carbocycles. The Kier molecular flexibility index (Phi) is 8.19. The second-order valence-electron chi connectivity index (χ2n) is 10.1. The SMILES string of the molecule is Cc1oc(-c2ccccc2)nc1CCOc1ccc(CC[C@@H]2CN(Cc3ccccc3)C[C@H]2C(=O)O)cc1. The number of rotatable bonds is 11. The van der Waals surface area contributed by atoms with Crippen molar-refractivity contribution < 1.29 is 19.1 Å². The van der Waals surface area contributed by atoms with E-state index in [4.69, 9.17) is 9.15 Å². The first kappa shape index (κ1) is 25.7. The van der Waals surface area contributed by atoms with Crippen molar-refractivity contribution in [3.05, 3.63) is 108 Å². The van der Waals surface area contributed by atoms with Crippen LogP contribution in [0.3, 0.4) is 0 Å². The molecule has 1 N–H and O–H groups in total. The Morgan fingerprint density at radius 1 is 0.947 bits per heavy atom. The van der Waals surface area contributed by atoms with Crippen LogP contribution in [0.15, 0.2) is 89.3 Å². The molecule has 1 aliphatic heterocycles. The molecular weight excluding hydrogens is 476 g/mol. The van der Waals surface area contributed by atoms with Gasteiger partial charge in [-0.25, -0.2) is 4.98 Å². The van der Waals surface area contributed by atoms with E-state index >= 15 is 0 Å². The monoisotopic (exact) mass is 510 g/mol. The van der Waals surface area contributed by atoms with Crippen LogP contribution in [0.1, 0.15) is 29.0 Å². The summed E-state index contributed by atoms with van der Waals surface area (Å²) in [5, 5.41) is 9.79. The lowest BCUT2D eigenvalue weighted by Gasteiger charge is -2.16. The minimum absolute atomic E-state index is 0.151. The van der Waals surface area contributed by atoms with Crippen LogP contribution < -0.4 is 4.74 Å². The molecule has 3 aromatic carbocycles. The molecule has 0 amide bonds. The largest absolute Gasteiger partial charge is 0.493 e. The standard InChI is InChI=1S/C32H34N2O4/c1-23-30(33-31(38-23)26-10-6-3-7-11-26)18-19-37-28-16-13-24(14-17-28)12-15-27-21-34(22-29(27)32(35)36)20-25-8-4-2-5-9-25/h2-11,13-14,16-17,27,29H,12,15,18-22H2,1H3,(H,35,36)/t27-,29-/m1/s1. The van der Waals surface area contributed by atoms with Crippen molar-refractivity contribution in [2.24, 2.45) is 11.8 Å². The Labute approximate surface area is 223 Å². The molecule has 0 radical (unpaired) electrons. The average molecular weight is 511 g/mol. The van der Waals surface area contributed by atoms with Crippen LogP contribution in [0.5, 0.6) is 5.75 Å². The van der Waals surface area contributed by atoms with Gasteiger partial charge >= 0.3 is 5.97 Å². The normalized spacial score (nSPS) is 17.5. The molecule has 1 fully saturated rings. The minimum Gasteiger partial charge on any atom is -0.493 e. The number of carboxylic acids is 1.